The number of aryl methyl sites for hydroxylation is 1. The third kappa shape index (κ3) is 6.71. The summed E-state index contributed by atoms with van der Waals surface area (Å²) in [7, 11) is 1.96. The smallest absolute Gasteiger partial charge is 0.321 e. The summed E-state index contributed by atoms with van der Waals surface area (Å²) in [6.45, 7) is 9.16. The lowest BCUT2D eigenvalue weighted by Crippen LogP contribution is -2.47. The predicted molar refractivity (Wildman–Crippen MR) is 163 cm³/mol. The maximum atomic E-state index is 14.3. The average molecular weight is 579 g/mol. The van der Waals surface area contributed by atoms with Crippen LogP contribution in [0.5, 0.6) is 0 Å². The van der Waals surface area contributed by atoms with Crippen LogP contribution in [-0.4, -0.2) is 69.6 Å². The average Bonchev–Trinajstić information content (AvgIpc) is 3.58. The highest BCUT2D eigenvalue weighted by Crippen LogP contribution is 2.44. The van der Waals surface area contributed by atoms with E-state index in [1.165, 1.54) is 16.6 Å². The summed E-state index contributed by atoms with van der Waals surface area (Å²) in [5.41, 5.74) is 3.35. The molecule has 0 amide bonds. The van der Waals surface area contributed by atoms with Gasteiger partial charge in [-0.15, -0.1) is 11.3 Å². The number of halogens is 1. The Morgan fingerprint density at radius 3 is 2.61 bits per heavy atom. The molecule has 1 saturated carbocycles. The molecule has 2 aromatic heterocycles. The zero-order valence-electron chi connectivity index (χ0n) is 24.7. The number of aliphatic carboxylic acids is 1. The minimum Gasteiger partial charge on any atom is -0.480 e. The van der Waals surface area contributed by atoms with Crippen LogP contribution in [0.25, 0.3) is 10.6 Å². The summed E-state index contributed by atoms with van der Waals surface area (Å²) in [6.07, 6.45) is 8.63. The van der Waals surface area contributed by atoms with Crippen molar-refractivity contribution < 1.29 is 14.3 Å². The van der Waals surface area contributed by atoms with Gasteiger partial charge in [0.1, 0.15) is 16.9 Å². The Kier molecular flexibility index (Phi) is 9.52. The Hall–Kier alpha value is -2.68. The molecular formula is C33H43FN4O2S. The number of likely N-dealkylation sites (N-methyl/N-ethyl adjacent to an activating group) is 1. The van der Waals surface area contributed by atoms with Crippen LogP contribution in [0.2, 0.25) is 0 Å². The van der Waals surface area contributed by atoms with Gasteiger partial charge in [0.15, 0.2) is 0 Å². The third-order valence-corrected chi connectivity index (χ3v) is 10.6. The van der Waals surface area contributed by atoms with E-state index in [9.17, 15) is 14.3 Å². The SMILES string of the molecule is CCc1nc(-c2cccnc2)sc1C1CCN(CC2CC(N(C)[C@@H](C(=O)O)C(C)C)CC2c2cccc(F)c2)CC1. The highest BCUT2D eigenvalue weighted by atomic mass is 32.1. The summed E-state index contributed by atoms with van der Waals surface area (Å²) in [4.78, 5) is 27.4. The van der Waals surface area contributed by atoms with E-state index in [4.69, 9.17) is 4.98 Å². The first kappa shape index (κ1) is 29.8. The van der Waals surface area contributed by atoms with Gasteiger partial charge in [-0.2, -0.15) is 0 Å². The number of carbonyl (C=O) groups is 1. The van der Waals surface area contributed by atoms with Gasteiger partial charge < -0.3 is 10.0 Å². The van der Waals surface area contributed by atoms with Crippen molar-refractivity contribution in [1.29, 1.82) is 0 Å². The van der Waals surface area contributed by atoms with Gasteiger partial charge in [0.25, 0.3) is 0 Å². The second-order valence-electron chi connectivity index (χ2n) is 12.2. The number of aromatic nitrogens is 2. The number of thiazole rings is 1. The number of hydrogen-bond acceptors (Lipinski definition) is 6. The quantitative estimate of drug-likeness (QED) is 0.289. The molecule has 1 aromatic carbocycles. The van der Waals surface area contributed by atoms with Crippen LogP contribution in [-0.2, 0) is 11.2 Å². The van der Waals surface area contributed by atoms with Crippen molar-refractivity contribution in [2.75, 3.05) is 26.7 Å². The Morgan fingerprint density at radius 2 is 1.98 bits per heavy atom. The van der Waals surface area contributed by atoms with Crippen LogP contribution in [0.1, 0.15) is 74.4 Å². The fourth-order valence-electron chi connectivity index (χ4n) is 7.19. The number of rotatable bonds is 10. The van der Waals surface area contributed by atoms with E-state index in [1.807, 2.05) is 50.6 Å². The number of hydrogen-bond donors (Lipinski definition) is 1. The molecule has 6 nitrogen and oxygen atoms in total. The molecule has 1 saturated heterocycles. The van der Waals surface area contributed by atoms with Crippen LogP contribution in [0.3, 0.4) is 0 Å². The lowest BCUT2D eigenvalue weighted by atomic mass is 9.87. The van der Waals surface area contributed by atoms with Crippen LogP contribution in [0.4, 0.5) is 4.39 Å². The van der Waals surface area contributed by atoms with E-state index < -0.39 is 12.0 Å². The van der Waals surface area contributed by atoms with E-state index in [0.29, 0.717) is 11.8 Å². The van der Waals surface area contributed by atoms with Crippen LogP contribution < -0.4 is 0 Å². The van der Waals surface area contributed by atoms with Crippen LogP contribution >= 0.6 is 11.3 Å². The first-order valence-corrected chi connectivity index (χ1v) is 15.9. The zero-order chi connectivity index (χ0) is 29.1. The molecule has 2 aliphatic rings. The number of carboxylic acids is 1. The first-order chi connectivity index (χ1) is 19.7. The largest absolute Gasteiger partial charge is 0.480 e. The highest BCUT2D eigenvalue weighted by molar-refractivity contribution is 7.15. The van der Waals surface area contributed by atoms with Gasteiger partial charge in [0, 0.05) is 35.4 Å². The number of pyridine rings is 1. The fourth-order valence-corrected chi connectivity index (χ4v) is 8.50. The minimum atomic E-state index is -0.767. The van der Waals surface area contributed by atoms with Crippen molar-refractivity contribution in [1.82, 2.24) is 19.8 Å². The van der Waals surface area contributed by atoms with Gasteiger partial charge in [0.2, 0.25) is 0 Å². The molecule has 2 fully saturated rings. The number of likely N-dealkylation sites (tertiary alicyclic amines) is 1. The van der Waals surface area contributed by atoms with Gasteiger partial charge in [-0.1, -0.05) is 32.9 Å². The number of nitrogens with zero attached hydrogens (tertiary/aromatic N) is 4. The van der Waals surface area contributed by atoms with Gasteiger partial charge in [-0.05, 0) is 106 Å². The second kappa shape index (κ2) is 13.1. The van der Waals surface area contributed by atoms with Crippen molar-refractivity contribution in [3.63, 3.8) is 0 Å². The zero-order valence-corrected chi connectivity index (χ0v) is 25.5. The van der Waals surface area contributed by atoms with E-state index in [2.05, 4.69) is 27.8 Å². The molecule has 0 spiro atoms. The molecule has 3 unspecified atom stereocenters. The lowest BCUT2D eigenvalue weighted by molar-refractivity contribution is -0.145. The van der Waals surface area contributed by atoms with Crippen molar-refractivity contribution >= 4 is 17.3 Å². The van der Waals surface area contributed by atoms with E-state index >= 15 is 0 Å². The van der Waals surface area contributed by atoms with Gasteiger partial charge in [-0.3, -0.25) is 14.7 Å². The summed E-state index contributed by atoms with van der Waals surface area (Å²) < 4.78 is 14.3. The number of carboxylic acid groups (broad SMARTS) is 1. The molecular weight excluding hydrogens is 535 g/mol. The number of piperidine rings is 1. The summed E-state index contributed by atoms with van der Waals surface area (Å²) in [5, 5.41) is 11.0. The lowest BCUT2D eigenvalue weighted by Gasteiger charge is -2.35. The standard InChI is InChI=1S/C33H43FN4O2S/c1-5-29-31(41-32(36-29)24-9-7-13-35-19-24)22-11-14-38(15-12-22)20-25-17-27(37(4)30(21(2)3)33(39)40)18-28(25)23-8-6-10-26(34)16-23/h6-10,13,16,19,21-22,25,27-28,30H,5,11-12,14-15,17-18,20H2,1-4H3,(H,39,40)/t25?,27?,28?,30-/m1/s1. The maximum absolute atomic E-state index is 14.3. The number of benzene rings is 1. The molecule has 0 radical (unpaired) electrons. The molecule has 41 heavy (non-hydrogen) atoms. The molecule has 0 bridgehead atoms. The molecule has 5 rings (SSSR count). The predicted octanol–water partition coefficient (Wildman–Crippen LogP) is 6.69. The Balaban J connectivity index is 1.28. The minimum absolute atomic E-state index is 0.0154. The summed E-state index contributed by atoms with van der Waals surface area (Å²) in [6, 6.07) is 10.7. The van der Waals surface area contributed by atoms with E-state index in [1.54, 1.807) is 18.3 Å². The van der Waals surface area contributed by atoms with Crippen LogP contribution in [0.15, 0.2) is 48.8 Å². The third-order valence-electron chi connectivity index (χ3n) is 9.27. The molecule has 1 aliphatic heterocycles. The molecule has 3 heterocycles. The molecule has 8 heteroatoms. The molecule has 1 N–H and O–H groups in total. The fraction of sp³-hybridized carbons (Fsp3) is 0.545. The Morgan fingerprint density at radius 1 is 1.20 bits per heavy atom. The molecule has 220 valence electrons. The highest BCUT2D eigenvalue weighted by Gasteiger charge is 2.42. The van der Waals surface area contributed by atoms with Crippen molar-refractivity contribution in [2.24, 2.45) is 11.8 Å². The monoisotopic (exact) mass is 578 g/mol. The normalized spacial score (nSPS) is 23.0. The molecule has 4 atom stereocenters. The van der Waals surface area contributed by atoms with Gasteiger partial charge in [0.05, 0.1) is 5.69 Å². The summed E-state index contributed by atoms with van der Waals surface area (Å²) >= 11 is 1.83. The van der Waals surface area contributed by atoms with E-state index in [-0.39, 0.29) is 23.7 Å². The van der Waals surface area contributed by atoms with Crippen LogP contribution in [0, 0.1) is 17.7 Å². The first-order valence-electron chi connectivity index (χ1n) is 15.1. The second-order valence-corrected chi connectivity index (χ2v) is 13.3. The molecule has 1 aliphatic carbocycles. The van der Waals surface area contributed by atoms with Gasteiger partial charge in [-0.25, -0.2) is 9.37 Å². The Labute approximate surface area is 247 Å². The maximum Gasteiger partial charge on any atom is 0.321 e. The van der Waals surface area contributed by atoms with E-state index in [0.717, 1.165) is 67.9 Å². The van der Waals surface area contributed by atoms with Crippen molar-refractivity contribution in [3.05, 3.63) is 70.7 Å². The molecule has 3 aromatic rings. The van der Waals surface area contributed by atoms with Crippen molar-refractivity contribution in [3.8, 4) is 10.6 Å². The topological polar surface area (TPSA) is 69.6 Å². The van der Waals surface area contributed by atoms with Gasteiger partial charge >= 0.3 is 5.97 Å². The summed E-state index contributed by atoms with van der Waals surface area (Å²) in [5.74, 6) is 0.138. The Bertz CT molecular complexity index is 1310. The van der Waals surface area contributed by atoms with Crippen molar-refractivity contribution in [2.45, 2.75) is 76.8 Å².